The van der Waals surface area contributed by atoms with E-state index in [1.54, 1.807) is 4.90 Å². The lowest BCUT2D eigenvalue weighted by molar-refractivity contribution is 0.380. The van der Waals surface area contributed by atoms with E-state index >= 15 is 0 Å². The second kappa shape index (κ2) is 23.8. The highest BCUT2D eigenvalue weighted by Gasteiger charge is 2.28. The van der Waals surface area contributed by atoms with E-state index in [1.165, 1.54) is 7.85 Å². The molecule has 412 valence electrons. The second-order valence-electron chi connectivity index (χ2n) is 21.2. The summed E-state index contributed by atoms with van der Waals surface area (Å²) in [5, 5.41) is 45.4. The highest BCUT2D eigenvalue weighted by Crippen LogP contribution is 2.52. The molecule has 0 atom stereocenters. The van der Waals surface area contributed by atoms with Crippen LogP contribution in [-0.2, 0) is 0 Å². The molecule has 0 aliphatic carbocycles. The molecule has 13 aromatic carbocycles. The molecule has 8 heteroatoms. The van der Waals surface area contributed by atoms with Gasteiger partial charge in [0.25, 0.3) is 0 Å². The van der Waals surface area contributed by atoms with Crippen LogP contribution in [-0.4, -0.2) is 28.3 Å². The number of phenolic OH excluding ortho intramolecular Hbond substituents is 4. The maximum atomic E-state index is 11.6. The van der Waals surface area contributed by atoms with Crippen molar-refractivity contribution in [1.82, 2.24) is 0 Å². The van der Waals surface area contributed by atoms with Crippen molar-refractivity contribution in [2.75, 3.05) is 14.7 Å². The monoisotopic (exact) mass is 1110 g/mol. The van der Waals surface area contributed by atoms with Gasteiger partial charge in [-0.15, -0.1) is 0 Å². The van der Waals surface area contributed by atoms with Gasteiger partial charge >= 0.3 is 0 Å². The second-order valence-corrected chi connectivity index (χ2v) is 21.2. The van der Waals surface area contributed by atoms with E-state index in [4.69, 9.17) is 0 Å². The normalized spacial score (nSPS) is 11.0. The Morgan fingerprint density at radius 2 is 0.326 bits per heavy atom. The summed E-state index contributed by atoms with van der Waals surface area (Å²) in [7, 11) is 1.43. The van der Waals surface area contributed by atoms with E-state index < -0.39 is 23.0 Å². The van der Waals surface area contributed by atoms with Crippen LogP contribution in [0.2, 0.25) is 0 Å². The zero-order valence-corrected chi connectivity index (χ0v) is 47.2. The van der Waals surface area contributed by atoms with Gasteiger partial charge in [-0.1, -0.05) is 218 Å². The molecule has 0 unspecified atom stereocenters. The molecule has 13 rings (SSSR count). The average molecular weight is 1110 g/mol. The van der Waals surface area contributed by atoms with Crippen LogP contribution in [0, 0.1) is 0 Å². The molecular formula is C78H58BN3O4. The first-order chi connectivity index (χ1) is 42.2. The van der Waals surface area contributed by atoms with E-state index in [-0.39, 0.29) is 11.2 Å². The zero-order chi connectivity index (χ0) is 58.5. The average Bonchev–Trinajstić information content (AvgIpc) is 3.22. The predicted octanol–water partition coefficient (Wildman–Crippen LogP) is 19.2. The number of nitrogens with zero attached hydrogens (tertiary/aromatic N) is 3. The first-order valence-electron chi connectivity index (χ1n) is 28.6. The molecule has 7 nitrogen and oxygen atoms in total. The summed E-state index contributed by atoms with van der Waals surface area (Å²) in [6, 6.07) is 109. The predicted molar refractivity (Wildman–Crippen MR) is 358 cm³/mol. The molecule has 0 saturated carbocycles. The van der Waals surface area contributed by atoms with Crippen LogP contribution in [0.4, 0.5) is 51.2 Å². The largest absolute Gasteiger partial charge is 0.505 e. The maximum absolute atomic E-state index is 11.6. The van der Waals surface area contributed by atoms with E-state index in [0.29, 0.717) is 11.4 Å². The summed E-state index contributed by atoms with van der Waals surface area (Å²) in [6.07, 6.45) is 0. The summed E-state index contributed by atoms with van der Waals surface area (Å²) >= 11 is 0. The van der Waals surface area contributed by atoms with Gasteiger partial charge in [-0.2, -0.15) is 0 Å². The number of benzene rings is 13. The molecule has 0 amide bonds. The van der Waals surface area contributed by atoms with Crippen molar-refractivity contribution in [2.24, 2.45) is 0 Å². The summed E-state index contributed by atoms with van der Waals surface area (Å²) in [5.74, 6) is -2.20. The lowest BCUT2D eigenvalue weighted by Crippen LogP contribution is -2.13. The molecular weight excluding hydrogens is 1050 g/mol. The molecule has 0 fully saturated rings. The third-order valence-electron chi connectivity index (χ3n) is 15.9. The van der Waals surface area contributed by atoms with Crippen molar-refractivity contribution >= 4 is 64.5 Å². The molecule has 0 heterocycles. The van der Waals surface area contributed by atoms with E-state index in [2.05, 4.69) is 252 Å². The van der Waals surface area contributed by atoms with Crippen LogP contribution in [0.5, 0.6) is 23.0 Å². The zero-order valence-electron chi connectivity index (χ0n) is 47.2. The van der Waals surface area contributed by atoms with Gasteiger partial charge in [0.05, 0.1) is 0 Å². The highest BCUT2D eigenvalue weighted by molar-refractivity contribution is 6.37. The Hall–Kier alpha value is -11.5. The third-order valence-corrected chi connectivity index (χ3v) is 15.9. The lowest BCUT2D eigenvalue weighted by Gasteiger charge is -2.28. The van der Waals surface area contributed by atoms with Gasteiger partial charge in [0, 0.05) is 51.0 Å². The smallest absolute Gasteiger partial charge is 0.185 e. The number of rotatable bonds is 15. The Morgan fingerprint density at radius 3 is 0.500 bits per heavy atom. The number of phenols is 4. The lowest BCUT2D eigenvalue weighted by atomic mass is 9.91. The summed E-state index contributed by atoms with van der Waals surface area (Å²) in [6.45, 7) is 0. The summed E-state index contributed by atoms with van der Waals surface area (Å²) < 4.78 is 0. The maximum Gasteiger partial charge on any atom is 0.185 e. The molecule has 0 spiro atoms. The van der Waals surface area contributed by atoms with Crippen molar-refractivity contribution in [3.8, 4) is 89.8 Å². The molecule has 13 aromatic rings. The Balaban J connectivity index is 0.799. The fourth-order valence-electron chi connectivity index (χ4n) is 11.3. The first kappa shape index (κ1) is 53.8. The van der Waals surface area contributed by atoms with Gasteiger partial charge in [-0.05, 0) is 164 Å². The molecule has 0 aliphatic rings. The van der Waals surface area contributed by atoms with Gasteiger partial charge in [0.1, 0.15) is 13.5 Å². The SMILES string of the molecule is Bc1c(O)c(O)c(N(c2ccc(-c3ccc(N(c4ccc(-c5ccccc5)cc4)c4ccc(-c5ccccc5)cc4)cc3)cc2)c2ccc(-c3ccc(N(c4ccc(-c5ccccc5)cc4)c4ccc(-c5ccccc5)cc4)cc3)cc2)c(O)c1O. The van der Waals surface area contributed by atoms with Crippen LogP contribution in [0.3, 0.4) is 0 Å². The van der Waals surface area contributed by atoms with Gasteiger partial charge in [0.15, 0.2) is 23.0 Å². The molecule has 86 heavy (non-hydrogen) atoms. The minimum Gasteiger partial charge on any atom is -0.505 e. The fourth-order valence-corrected chi connectivity index (χ4v) is 11.3. The third kappa shape index (κ3) is 10.9. The summed E-state index contributed by atoms with van der Waals surface area (Å²) in [4.78, 5) is 6.15. The molecule has 0 aliphatic heterocycles. The number of hydrogen-bond donors (Lipinski definition) is 4. The highest BCUT2D eigenvalue weighted by atomic mass is 16.3. The number of hydrogen-bond acceptors (Lipinski definition) is 7. The molecule has 0 bridgehead atoms. The van der Waals surface area contributed by atoms with Gasteiger partial charge in [0.2, 0.25) is 0 Å². The molecule has 0 radical (unpaired) electrons. The van der Waals surface area contributed by atoms with Crippen LogP contribution in [0.1, 0.15) is 0 Å². The van der Waals surface area contributed by atoms with Crippen LogP contribution < -0.4 is 20.2 Å². The Morgan fingerprint density at radius 1 is 0.174 bits per heavy atom. The van der Waals surface area contributed by atoms with Gasteiger partial charge in [-0.25, -0.2) is 0 Å². The van der Waals surface area contributed by atoms with Crippen molar-refractivity contribution in [3.05, 3.63) is 315 Å². The molecule has 0 saturated heterocycles. The minimum absolute atomic E-state index is 0.0415. The minimum atomic E-state index is -0.569. The van der Waals surface area contributed by atoms with Crippen LogP contribution >= 0.6 is 0 Å². The first-order valence-corrected chi connectivity index (χ1v) is 28.6. The number of aromatic hydroxyl groups is 4. The van der Waals surface area contributed by atoms with Crippen LogP contribution in [0.25, 0.3) is 66.8 Å². The van der Waals surface area contributed by atoms with Crippen molar-refractivity contribution in [1.29, 1.82) is 0 Å². The van der Waals surface area contributed by atoms with Crippen molar-refractivity contribution in [2.45, 2.75) is 0 Å². The fraction of sp³-hybridized carbons (Fsp3) is 0. The van der Waals surface area contributed by atoms with E-state index in [1.807, 2.05) is 72.8 Å². The standard InChI is InChI=1S/C78H58BN3O4/c79-73-75(83)77(85)74(78(86)76(73)84)82(71-49-33-63(34-50-71)61-29-45-69(46-30-61)80(65-37-21-57(22-38-65)53-13-5-1-6-14-53)66-39-23-58(24-40-66)54-15-7-2-8-16-54)72-51-35-64(36-52-72)62-31-47-70(48-32-62)81(67-41-25-59(26-42-67)55-17-9-3-10-18-55)68-43-27-60(28-44-68)56-19-11-4-12-20-56/h1-52,83-86H,79H2. The van der Waals surface area contributed by atoms with Crippen molar-refractivity contribution in [3.63, 3.8) is 0 Å². The van der Waals surface area contributed by atoms with Gasteiger partial charge < -0.3 is 35.1 Å². The molecule has 4 N–H and O–H groups in total. The van der Waals surface area contributed by atoms with E-state index in [9.17, 15) is 20.4 Å². The molecule has 0 aromatic heterocycles. The quantitative estimate of drug-likeness (QED) is 0.0462. The van der Waals surface area contributed by atoms with Gasteiger partial charge in [-0.3, -0.25) is 0 Å². The van der Waals surface area contributed by atoms with Crippen molar-refractivity contribution < 1.29 is 20.4 Å². The van der Waals surface area contributed by atoms with E-state index in [0.717, 1.165) is 101 Å². The Kier molecular flexibility index (Phi) is 14.9. The Labute approximate surface area is 502 Å². The topological polar surface area (TPSA) is 90.6 Å². The summed E-state index contributed by atoms with van der Waals surface area (Å²) in [5.41, 5.74) is 19.9. The number of anilines is 9. The Bertz CT molecular complexity index is 3970. The van der Waals surface area contributed by atoms with Crippen LogP contribution in [0.15, 0.2) is 315 Å².